The summed E-state index contributed by atoms with van der Waals surface area (Å²) in [6, 6.07) is 14.3. The molecule has 1 unspecified atom stereocenters. The highest BCUT2D eigenvalue weighted by Crippen LogP contribution is 2.33. The fourth-order valence-electron chi connectivity index (χ4n) is 3.03. The van der Waals surface area contributed by atoms with Crippen LogP contribution in [0.25, 0.3) is 22.0 Å². The lowest BCUT2D eigenvalue weighted by atomic mass is 10.0. The van der Waals surface area contributed by atoms with Gasteiger partial charge in [-0.05, 0) is 49.2 Å². The first kappa shape index (κ1) is 16.2. The molecule has 130 valence electrons. The first-order chi connectivity index (χ1) is 12.6. The molecule has 0 aliphatic carbocycles. The van der Waals surface area contributed by atoms with Gasteiger partial charge in [-0.15, -0.1) is 0 Å². The van der Waals surface area contributed by atoms with Crippen molar-refractivity contribution >= 4 is 16.7 Å². The smallest absolute Gasteiger partial charge is 0.138 e. The predicted molar refractivity (Wildman–Crippen MR) is 100 cm³/mol. The Morgan fingerprint density at radius 1 is 1.08 bits per heavy atom. The van der Waals surface area contributed by atoms with E-state index >= 15 is 0 Å². The van der Waals surface area contributed by atoms with Gasteiger partial charge in [0.15, 0.2) is 0 Å². The Kier molecular flexibility index (Phi) is 4.08. The van der Waals surface area contributed by atoms with Crippen molar-refractivity contribution in [3.63, 3.8) is 0 Å². The van der Waals surface area contributed by atoms with Crippen LogP contribution in [0.4, 0.5) is 10.2 Å². The summed E-state index contributed by atoms with van der Waals surface area (Å²) in [4.78, 5) is 8.83. The topological polar surface area (TPSA) is 66.5 Å². The van der Waals surface area contributed by atoms with E-state index in [0.717, 1.165) is 39.2 Å². The summed E-state index contributed by atoms with van der Waals surface area (Å²) in [7, 11) is 0. The van der Waals surface area contributed by atoms with Crippen molar-refractivity contribution in [3.8, 4) is 11.1 Å². The van der Waals surface area contributed by atoms with E-state index in [1.165, 1.54) is 12.1 Å². The zero-order valence-corrected chi connectivity index (χ0v) is 14.5. The van der Waals surface area contributed by atoms with Gasteiger partial charge in [-0.2, -0.15) is 5.10 Å². The van der Waals surface area contributed by atoms with Crippen LogP contribution in [0.3, 0.4) is 0 Å². The number of anilines is 1. The van der Waals surface area contributed by atoms with E-state index in [9.17, 15) is 4.39 Å². The third-order valence-electron chi connectivity index (χ3n) is 4.34. The predicted octanol–water partition coefficient (Wildman–Crippen LogP) is 4.64. The molecule has 0 spiro atoms. The van der Waals surface area contributed by atoms with Gasteiger partial charge in [0.1, 0.15) is 18.0 Å². The van der Waals surface area contributed by atoms with Crippen molar-refractivity contribution in [1.29, 1.82) is 0 Å². The van der Waals surface area contributed by atoms with E-state index in [1.54, 1.807) is 18.5 Å². The highest BCUT2D eigenvalue weighted by Gasteiger charge is 2.15. The third kappa shape index (κ3) is 3.01. The molecular weight excluding hydrogens is 329 g/mol. The van der Waals surface area contributed by atoms with Crippen LogP contribution in [0.15, 0.2) is 54.9 Å². The van der Waals surface area contributed by atoms with E-state index in [1.807, 2.05) is 38.1 Å². The summed E-state index contributed by atoms with van der Waals surface area (Å²) in [6.07, 6.45) is 1.54. The molecule has 2 aromatic heterocycles. The summed E-state index contributed by atoms with van der Waals surface area (Å²) in [5, 5.41) is 11.6. The van der Waals surface area contributed by atoms with Crippen LogP contribution in [-0.4, -0.2) is 20.2 Å². The zero-order chi connectivity index (χ0) is 18.1. The van der Waals surface area contributed by atoms with Crippen molar-refractivity contribution in [2.24, 2.45) is 0 Å². The summed E-state index contributed by atoms with van der Waals surface area (Å²) >= 11 is 0. The molecule has 0 aliphatic heterocycles. The Morgan fingerprint density at radius 3 is 2.62 bits per heavy atom. The fraction of sp³-hybridized carbons (Fsp3) is 0.150. The van der Waals surface area contributed by atoms with Crippen LogP contribution < -0.4 is 5.32 Å². The number of nitrogens with zero attached hydrogens (tertiary/aromatic N) is 3. The molecule has 6 heteroatoms. The maximum atomic E-state index is 13.3. The van der Waals surface area contributed by atoms with Crippen LogP contribution in [0.1, 0.15) is 24.4 Å². The number of H-pyrrole nitrogens is 1. The van der Waals surface area contributed by atoms with E-state index in [4.69, 9.17) is 0 Å². The Hall–Kier alpha value is -3.28. The average Bonchev–Trinajstić information content (AvgIpc) is 3.09. The van der Waals surface area contributed by atoms with E-state index < -0.39 is 0 Å². The van der Waals surface area contributed by atoms with Crippen molar-refractivity contribution in [2.75, 3.05) is 5.32 Å². The van der Waals surface area contributed by atoms with Crippen molar-refractivity contribution in [1.82, 2.24) is 20.2 Å². The maximum Gasteiger partial charge on any atom is 0.138 e. The van der Waals surface area contributed by atoms with Crippen LogP contribution >= 0.6 is 0 Å². The van der Waals surface area contributed by atoms with Crippen LogP contribution in [0, 0.1) is 12.7 Å². The van der Waals surface area contributed by atoms with Crippen LogP contribution in [0.2, 0.25) is 0 Å². The number of rotatable bonds is 4. The zero-order valence-electron chi connectivity index (χ0n) is 14.5. The number of halogens is 1. The molecule has 0 amide bonds. The number of hydrogen-bond donors (Lipinski definition) is 2. The first-order valence-corrected chi connectivity index (χ1v) is 8.40. The standard InChI is InChI=1S/C20H18FN5/c1-12-10-18(26-25-12)13(2)24-20-19-16(14-6-8-15(21)9-7-14)4-3-5-17(19)22-11-23-20/h3-11,13H,1-2H3,(H,25,26)(H,22,23,24). The minimum atomic E-state index is -0.258. The average molecular weight is 347 g/mol. The highest BCUT2D eigenvalue weighted by atomic mass is 19.1. The fourth-order valence-corrected chi connectivity index (χ4v) is 3.03. The van der Waals surface area contributed by atoms with Gasteiger partial charge >= 0.3 is 0 Å². The van der Waals surface area contributed by atoms with E-state index in [-0.39, 0.29) is 11.9 Å². The van der Waals surface area contributed by atoms with Crippen molar-refractivity contribution in [3.05, 3.63) is 72.1 Å². The lowest BCUT2D eigenvalue weighted by molar-refractivity contribution is 0.628. The number of benzene rings is 2. The molecule has 5 nitrogen and oxygen atoms in total. The molecule has 2 heterocycles. The number of aromatic amines is 1. The molecule has 0 aliphatic rings. The normalized spacial score (nSPS) is 12.3. The maximum absolute atomic E-state index is 13.3. The van der Waals surface area contributed by atoms with Gasteiger partial charge in [0.2, 0.25) is 0 Å². The Morgan fingerprint density at radius 2 is 1.88 bits per heavy atom. The van der Waals surface area contributed by atoms with Crippen LogP contribution in [-0.2, 0) is 0 Å². The van der Waals surface area contributed by atoms with Gasteiger partial charge in [-0.1, -0.05) is 24.3 Å². The third-order valence-corrected chi connectivity index (χ3v) is 4.34. The highest BCUT2D eigenvalue weighted by molar-refractivity contribution is 6.01. The molecule has 4 aromatic rings. The second-order valence-corrected chi connectivity index (χ2v) is 6.27. The Balaban J connectivity index is 1.81. The van der Waals surface area contributed by atoms with Gasteiger partial charge in [0, 0.05) is 5.69 Å². The van der Waals surface area contributed by atoms with E-state index in [0.29, 0.717) is 0 Å². The number of aryl methyl sites for hydroxylation is 1. The summed E-state index contributed by atoms with van der Waals surface area (Å²) in [5.41, 5.74) is 4.62. The lowest BCUT2D eigenvalue weighted by Crippen LogP contribution is -2.09. The van der Waals surface area contributed by atoms with Gasteiger partial charge in [-0.25, -0.2) is 14.4 Å². The molecule has 0 radical (unpaired) electrons. The molecule has 0 bridgehead atoms. The van der Waals surface area contributed by atoms with Gasteiger partial charge in [0.05, 0.1) is 22.6 Å². The van der Waals surface area contributed by atoms with Gasteiger partial charge in [-0.3, -0.25) is 5.10 Å². The number of aromatic nitrogens is 4. The molecule has 0 fully saturated rings. The molecule has 2 N–H and O–H groups in total. The van der Waals surface area contributed by atoms with Crippen molar-refractivity contribution < 1.29 is 4.39 Å². The number of hydrogen-bond acceptors (Lipinski definition) is 4. The first-order valence-electron chi connectivity index (χ1n) is 8.40. The quantitative estimate of drug-likeness (QED) is 0.564. The largest absolute Gasteiger partial charge is 0.361 e. The molecule has 26 heavy (non-hydrogen) atoms. The molecular formula is C20H18FN5. The summed E-state index contributed by atoms with van der Waals surface area (Å²) in [5.74, 6) is 0.467. The number of nitrogens with one attached hydrogen (secondary N) is 2. The summed E-state index contributed by atoms with van der Waals surface area (Å²) in [6.45, 7) is 4.00. The molecule has 0 saturated carbocycles. The molecule has 2 aromatic carbocycles. The molecule has 0 saturated heterocycles. The van der Waals surface area contributed by atoms with E-state index in [2.05, 4.69) is 25.5 Å². The van der Waals surface area contributed by atoms with Crippen molar-refractivity contribution in [2.45, 2.75) is 19.9 Å². The lowest BCUT2D eigenvalue weighted by Gasteiger charge is -2.16. The van der Waals surface area contributed by atoms with Gasteiger partial charge < -0.3 is 5.32 Å². The molecule has 4 rings (SSSR count). The summed E-state index contributed by atoms with van der Waals surface area (Å²) < 4.78 is 13.3. The SMILES string of the molecule is Cc1cc(C(C)Nc2ncnc3cccc(-c4ccc(F)cc4)c23)n[nH]1. The van der Waals surface area contributed by atoms with Crippen LogP contribution in [0.5, 0.6) is 0 Å². The Bertz CT molecular complexity index is 1050. The second-order valence-electron chi connectivity index (χ2n) is 6.27. The minimum Gasteiger partial charge on any atom is -0.361 e. The molecule has 1 atom stereocenters. The Labute approximate surface area is 150 Å². The second kappa shape index (κ2) is 6.55. The monoisotopic (exact) mass is 347 g/mol. The van der Waals surface area contributed by atoms with Gasteiger partial charge in [0.25, 0.3) is 0 Å². The number of fused-ring (bicyclic) bond motifs is 1. The minimum absolute atomic E-state index is 0.0284.